The van der Waals surface area contributed by atoms with Crippen LogP contribution in [0.25, 0.3) is 11.0 Å². The Labute approximate surface area is 134 Å². The van der Waals surface area contributed by atoms with E-state index in [0.717, 1.165) is 11.0 Å². The molecule has 0 saturated carbocycles. The zero-order chi connectivity index (χ0) is 16.4. The maximum absolute atomic E-state index is 12.3. The first-order valence-corrected chi connectivity index (χ1v) is 8.40. The molecule has 0 radical (unpaired) electrons. The van der Waals surface area contributed by atoms with Crippen LogP contribution in [0.3, 0.4) is 0 Å². The summed E-state index contributed by atoms with van der Waals surface area (Å²) in [6, 6.07) is 15.4. The van der Waals surface area contributed by atoms with Crippen molar-refractivity contribution in [2.75, 3.05) is 0 Å². The topological polar surface area (TPSA) is 87.8 Å². The zero-order valence-corrected chi connectivity index (χ0v) is 13.2. The normalized spacial score (nSPS) is 11.5. The van der Waals surface area contributed by atoms with Gasteiger partial charge in [0.05, 0.1) is 34.1 Å². The van der Waals surface area contributed by atoms with Crippen LogP contribution in [0, 0.1) is 11.3 Å². The molecule has 1 N–H and O–H groups in total. The third-order valence-electron chi connectivity index (χ3n) is 3.57. The Kier molecular flexibility index (Phi) is 3.86. The summed E-state index contributed by atoms with van der Waals surface area (Å²) in [5.74, 6) is 0.617. The third-order valence-corrected chi connectivity index (χ3v) is 4.97. The van der Waals surface area contributed by atoms with E-state index in [-0.39, 0.29) is 11.4 Å². The Bertz CT molecular complexity index is 1020. The SMILES string of the molecule is Cn1c(CNS(=O)(=O)c2cccc(C#N)c2)nc2ccccc21. The van der Waals surface area contributed by atoms with Crippen molar-refractivity contribution in [2.24, 2.45) is 7.05 Å². The Morgan fingerprint density at radius 2 is 2.00 bits per heavy atom. The molecule has 0 aliphatic carbocycles. The largest absolute Gasteiger partial charge is 0.330 e. The Hall–Kier alpha value is -2.69. The van der Waals surface area contributed by atoms with Crippen molar-refractivity contribution in [3.05, 3.63) is 59.9 Å². The van der Waals surface area contributed by atoms with Crippen LogP contribution in [0.2, 0.25) is 0 Å². The molecule has 3 aromatic rings. The van der Waals surface area contributed by atoms with Gasteiger partial charge in [-0.05, 0) is 30.3 Å². The van der Waals surface area contributed by atoms with Crippen LogP contribution in [-0.4, -0.2) is 18.0 Å². The molecule has 1 aromatic heterocycles. The highest BCUT2D eigenvalue weighted by Crippen LogP contribution is 2.15. The van der Waals surface area contributed by atoms with E-state index in [0.29, 0.717) is 11.4 Å². The number of para-hydroxylation sites is 2. The number of fused-ring (bicyclic) bond motifs is 1. The second-order valence-electron chi connectivity index (χ2n) is 5.04. The predicted octanol–water partition coefficient (Wildman–Crippen LogP) is 1.92. The number of aromatic nitrogens is 2. The molecule has 0 saturated heterocycles. The number of nitrogens with zero attached hydrogens (tertiary/aromatic N) is 3. The molecule has 1 heterocycles. The van der Waals surface area contributed by atoms with Gasteiger partial charge >= 0.3 is 0 Å². The van der Waals surface area contributed by atoms with Crippen LogP contribution in [0.4, 0.5) is 0 Å². The minimum atomic E-state index is -3.70. The summed E-state index contributed by atoms with van der Waals surface area (Å²) < 4.78 is 29.1. The number of imidazole rings is 1. The smallest absolute Gasteiger partial charge is 0.241 e. The summed E-state index contributed by atoms with van der Waals surface area (Å²) >= 11 is 0. The van der Waals surface area contributed by atoms with E-state index in [2.05, 4.69) is 9.71 Å². The minimum absolute atomic E-state index is 0.0651. The first-order chi connectivity index (χ1) is 11.0. The first kappa shape index (κ1) is 15.2. The number of aryl methyl sites for hydroxylation is 1. The summed E-state index contributed by atoms with van der Waals surface area (Å²) in [5, 5.41) is 8.87. The fraction of sp³-hybridized carbons (Fsp3) is 0.125. The van der Waals surface area contributed by atoms with Gasteiger partial charge in [-0.1, -0.05) is 18.2 Å². The maximum atomic E-state index is 12.3. The van der Waals surface area contributed by atoms with Crippen LogP contribution in [0.5, 0.6) is 0 Å². The van der Waals surface area contributed by atoms with Crippen molar-refractivity contribution in [3.63, 3.8) is 0 Å². The molecule has 0 aliphatic heterocycles. The van der Waals surface area contributed by atoms with Gasteiger partial charge in [0.1, 0.15) is 5.82 Å². The van der Waals surface area contributed by atoms with E-state index < -0.39 is 10.0 Å². The lowest BCUT2D eigenvalue weighted by atomic mass is 10.2. The van der Waals surface area contributed by atoms with Gasteiger partial charge in [0.15, 0.2) is 0 Å². The van der Waals surface area contributed by atoms with Crippen LogP contribution in [0.1, 0.15) is 11.4 Å². The highest BCUT2D eigenvalue weighted by atomic mass is 32.2. The molecule has 2 aromatic carbocycles. The van der Waals surface area contributed by atoms with Gasteiger partial charge in [-0.2, -0.15) is 5.26 Å². The van der Waals surface area contributed by atoms with E-state index in [4.69, 9.17) is 5.26 Å². The molecule has 0 unspecified atom stereocenters. The highest BCUT2D eigenvalue weighted by molar-refractivity contribution is 7.89. The van der Waals surface area contributed by atoms with Gasteiger partial charge in [-0.3, -0.25) is 0 Å². The Morgan fingerprint density at radius 1 is 1.22 bits per heavy atom. The van der Waals surface area contributed by atoms with Crippen molar-refractivity contribution in [2.45, 2.75) is 11.4 Å². The molecule has 23 heavy (non-hydrogen) atoms. The molecule has 3 rings (SSSR count). The monoisotopic (exact) mass is 326 g/mol. The standard InChI is InChI=1S/C16H14N4O2S/c1-20-15-8-3-2-7-14(15)19-16(20)11-18-23(21,22)13-6-4-5-12(9-13)10-17/h2-9,18H,11H2,1H3. The molecule has 7 heteroatoms. The van der Waals surface area contributed by atoms with Crippen LogP contribution < -0.4 is 4.72 Å². The predicted molar refractivity (Wildman–Crippen MR) is 85.9 cm³/mol. The van der Waals surface area contributed by atoms with Crippen LogP contribution >= 0.6 is 0 Å². The van der Waals surface area contributed by atoms with Crippen molar-refractivity contribution in [3.8, 4) is 6.07 Å². The molecular weight excluding hydrogens is 312 g/mol. The summed E-state index contributed by atoms with van der Waals surface area (Å²) in [6.07, 6.45) is 0. The Morgan fingerprint density at radius 3 is 2.74 bits per heavy atom. The van der Waals surface area contributed by atoms with E-state index in [1.54, 1.807) is 12.1 Å². The van der Waals surface area contributed by atoms with E-state index >= 15 is 0 Å². The second kappa shape index (κ2) is 5.83. The highest BCUT2D eigenvalue weighted by Gasteiger charge is 2.16. The van der Waals surface area contributed by atoms with Crippen LogP contribution in [-0.2, 0) is 23.6 Å². The number of sulfonamides is 1. The van der Waals surface area contributed by atoms with Gasteiger partial charge in [0.2, 0.25) is 10.0 Å². The third kappa shape index (κ3) is 2.95. The van der Waals surface area contributed by atoms with Crippen molar-refractivity contribution < 1.29 is 8.42 Å². The van der Waals surface area contributed by atoms with Gasteiger partial charge < -0.3 is 4.57 Å². The number of hydrogen-bond donors (Lipinski definition) is 1. The Balaban J connectivity index is 1.86. The number of hydrogen-bond acceptors (Lipinski definition) is 4. The first-order valence-electron chi connectivity index (χ1n) is 6.91. The van der Waals surface area contributed by atoms with Gasteiger partial charge in [-0.25, -0.2) is 18.1 Å². The van der Waals surface area contributed by atoms with E-state index in [9.17, 15) is 8.42 Å². The average molecular weight is 326 g/mol. The van der Waals surface area contributed by atoms with Crippen molar-refractivity contribution in [1.29, 1.82) is 5.26 Å². The quantitative estimate of drug-likeness (QED) is 0.793. The van der Waals surface area contributed by atoms with E-state index in [1.165, 1.54) is 12.1 Å². The van der Waals surface area contributed by atoms with E-state index in [1.807, 2.05) is 41.9 Å². The molecule has 0 amide bonds. The second-order valence-corrected chi connectivity index (χ2v) is 6.81. The molecule has 0 fully saturated rings. The summed E-state index contributed by atoms with van der Waals surface area (Å²) in [5.41, 5.74) is 2.06. The van der Waals surface area contributed by atoms with Crippen LogP contribution in [0.15, 0.2) is 53.4 Å². The summed E-state index contributed by atoms with van der Waals surface area (Å²) in [6.45, 7) is 0.0737. The van der Waals surface area contributed by atoms with Crippen molar-refractivity contribution >= 4 is 21.1 Å². The number of benzene rings is 2. The molecular formula is C16H14N4O2S. The lowest BCUT2D eigenvalue weighted by Crippen LogP contribution is -2.24. The zero-order valence-electron chi connectivity index (χ0n) is 12.4. The number of nitriles is 1. The molecule has 116 valence electrons. The molecule has 0 aliphatic rings. The molecule has 0 atom stereocenters. The average Bonchev–Trinajstić information content (AvgIpc) is 2.90. The molecule has 6 nitrogen and oxygen atoms in total. The van der Waals surface area contributed by atoms with Gasteiger partial charge in [0, 0.05) is 7.05 Å². The summed E-state index contributed by atoms with van der Waals surface area (Å²) in [4.78, 5) is 4.49. The van der Waals surface area contributed by atoms with Crippen molar-refractivity contribution in [1.82, 2.24) is 14.3 Å². The fourth-order valence-electron chi connectivity index (χ4n) is 2.33. The summed E-state index contributed by atoms with van der Waals surface area (Å²) in [7, 11) is -1.86. The minimum Gasteiger partial charge on any atom is -0.330 e. The maximum Gasteiger partial charge on any atom is 0.241 e. The fourth-order valence-corrected chi connectivity index (χ4v) is 3.35. The number of rotatable bonds is 4. The van der Waals surface area contributed by atoms with Gasteiger partial charge in [0.25, 0.3) is 0 Å². The molecule has 0 bridgehead atoms. The lowest BCUT2D eigenvalue weighted by molar-refractivity contribution is 0.578. The lowest BCUT2D eigenvalue weighted by Gasteiger charge is -2.07. The van der Waals surface area contributed by atoms with Gasteiger partial charge in [-0.15, -0.1) is 0 Å². The number of nitrogens with one attached hydrogen (secondary N) is 1. The molecule has 0 spiro atoms.